The molecule has 0 bridgehead atoms. The Morgan fingerprint density at radius 1 is 1.12 bits per heavy atom. The standard InChI is InChI=1S/C20H22N2O2/c1-15-7-5-6-10-17(15)13-21-20(24)18-11-12-19(23)22(18)14-16-8-3-2-4-9-16/h2-10,18H,11-14H2,1H3,(H,21,24). The first-order chi connectivity index (χ1) is 11.6. The van der Waals surface area contributed by atoms with Crippen LogP contribution < -0.4 is 5.32 Å². The van der Waals surface area contributed by atoms with Crippen molar-refractivity contribution in [3.8, 4) is 0 Å². The van der Waals surface area contributed by atoms with Gasteiger partial charge in [0.1, 0.15) is 6.04 Å². The van der Waals surface area contributed by atoms with Gasteiger partial charge >= 0.3 is 0 Å². The van der Waals surface area contributed by atoms with Gasteiger partial charge in [0.25, 0.3) is 0 Å². The second-order valence-corrected chi connectivity index (χ2v) is 6.21. The van der Waals surface area contributed by atoms with Crippen molar-refractivity contribution in [3.63, 3.8) is 0 Å². The number of rotatable bonds is 5. The van der Waals surface area contributed by atoms with Crippen LogP contribution in [-0.2, 0) is 22.7 Å². The molecule has 0 radical (unpaired) electrons. The highest BCUT2D eigenvalue weighted by atomic mass is 16.2. The van der Waals surface area contributed by atoms with Gasteiger partial charge in [0.15, 0.2) is 0 Å². The van der Waals surface area contributed by atoms with Gasteiger partial charge in [-0.1, -0.05) is 54.6 Å². The lowest BCUT2D eigenvalue weighted by Crippen LogP contribution is -2.44. The Morgan fingerprint density at radius 3 is 2.58 bits per heavy atom. The molecule has 4 heteroatoms. The average molecular weight is 322 g/mol. The Kier molecular flexibility index (Phi) is 4.94. The molecule has 0 spiro atoms. The van der Waals surface area contributed by atoms with Crippen LogP contribution in [0.3, 0.4) is 0 Å². The number of amides is 2. The molecule has 1 atom stereocenters. The number of likely N-dealkylation sites (tertiary alicyclic amines) is 1. The van der Waals surface area contributed by atoms with Crippen LogP contribution in [0.5, 0.6) is 0 Å². The highest BCUT2D eigenvalue weighted by molar-refractivity contribution is 5.90. The predicted octanol–water partition coefficient (Wildman–Crippen LogP) is 2.80. The van der Waals surface area contributed by atoms with Crippen LogP contribution in [0.25, 0.3) is 0 Å². The third-order valence-corrected chi connectivity index (χ3v) is 4.54. The Morgan fingerprint density at radius 2 is 1.83 bits per heavy atom. The minimum Gasteiger partial charge on any atom is -0.350 e. The summed E-state index contributed by atoms with van der Waals surface area (Å²) in [5.74, 6) is -0.0186. The van der Waals surface area contributed by atoms with Crippen molar-refractivity contribution in [2.45, 2.75) is 38.9 Å². The van der Waals surface area contributed by atoms with Gasteiger partial charge in [-0.25, -0.2) is 0 Å². The fourth-order valence-corrected chi connectivity index (χ4v) is 3.09. The number of hydrogen-bond acceptors (Lipinski definition) is 2. The first-order valence-corrected chi connectivity index (χ1v) is 8.31. The minimum atomic E-state index is -0.373. The molecule has 4 nitrogen and oxygen atoms in total. The number of aryl methyl sites for hydroxylation is 1. The van der Waals surface area contributed by atoms with E-state index >= 15 is 0 Å². The maximum atomic E-state index is 12.6. The molecule has 24 heavy (non-hydrogen) atoms. The molecule has 3 rings (SSSR count). The fourth-order valence-electron chi connectivity index (χ4n) is 3.09. The van der Waals surface area contributed by atoms with Gasteiger partial charge in [-0.15, -0.1) is 0 Å². The van der Waals surface area contributed by atoms with E-state index in [2.05, 4.69) is 5.32 Å². The summed E-state index contributed by atoms with van der Waals surface area (Å²) in [6.45, 7) is 3.01. The topological polar surface area (TPSA) is 49.4 Å². The smallest absolute Gasteiger partial charge is 0.243 e. The lowest BCUT2D eigenvalue weighted by molar-refractivity contribution is -0.135. The second-order valence-electron chi connectivity index (χ2n) is 6.21. The summed E-state index contributed by atoms with van der Waals surface area (Å²) >= 11 is 0. The van der Waals surface area contributed by atoms with Crippen molar-refractivity contribution in [3.05, 3.63) is 71.3 Å². The largest absolute Gasteiger partial charge is 0.350 e. The molecule has 1 saturated heterocycles. The number of hydrogen-bond donors (Lipinski definition) is 1. The number of benzene rings is 2. The van der Waals surface area contributed by atoms with Crippen molar-refractivity contribution in [2.75, 3.05) is 0 Å². The van der Waals surface area contributed by atoms with Gasteiger partial charge in [-0.2, -0.15) is 0 Å². The van der Waals surface area contributed by atoms with Crippen LogP contribution >= 0.6 is 0 Å². The van der Waals surface area contributed by atoms with E-state index in [1.54, 1.807) is 4.90 Å². The van der Waals surface area contributed by atoms with Crippen molar-refractivity contribution in [1.82, 2.24) is 10.2 Å². The third-order valence-electron chi connectivity index (χ3n) is 4.54. The Hall–Kier alpha value is -2.62. The summed E-state index contributed by atoms with van der Waals surface area (Å²) < 4.78 is 0. The van der Waals surface area contributed by atoms with Crippen LogP contribution in [0.4, 0.5) is 0 Å². The molecule has 1 aliphatic heterocycles. The van der Waals surface area contributed by atoms with Crippen molar-refractivity contribution >= 4 is 11.8 Å². The molecular weight excluding hydrogens is 300 g/mol. The first-order valence-electron chi connectivity index (χ1n) is 8.31. The van der Waals surface area contributed by atoms with Crippen LogP contribution in [0.1, 0.15) is 29.5 Å². The van der Waals surface area contributed by atoms with Gasteiger partial charge in [0.05, 0.1) is 0 Å². The highest BCUT2D eigenvalue weighted by Crippen LogP contribution is 2.22. The molecule has 1 heterocycles. The van der Waals surface area contributed by atoms with Gasteiger partial charge in [0, 0.05) is 19.5 Å². The van der Waals surface area contributed by atoms with Gasteiger partial charge in [0.2, 0.25) is 11.8 Å². The van der Waals surface area contributed by atoms with E-state index in [9.17, 15) is 9.59 Å². The van der Waals surface area contributed by atoms with E-state index in [1.807, 2.05) is 61.5 Å². The van der Waals surface area contributed by atoms with Crippen LogP contribution in [0.15, 0.2) is 54.6 Å². The molecule has 1 unspecified atom stereocenters. The van der Waals surface area contributed by atoms with Crippen LogP contribution in [0, 0.1) is 6.92 Å². The van der Waals surface area contributed by atoms with Gasteiger partial charge in [-0.3, -0.25) is 9.59 Å². The molecule has 1 aliphatic rings. The molecule has 0 aliphatic carbocycles. The summed E-state index contributed by atoms with van der Waals surface area (Å²) in [5.41, 5.74) is 3.30. The van der Waals surface area contributed by atoms with Crippen LogP contribution in [-0.4, -0.2) is 22.8 Å². The van der Waals surface area contributed by atoms with Crippen molar-refractivity contribution < 1.29 is 9.59 Å². The number of carbonyl (C=O) groups excluding carboxylic acids is 2. The maximum Gasteiger partial charge on any atom is 0.243 e. The van der Waals surface area contributed by atoms with E-state index in [4.69, 9.17) is 0 Å². The SMILES string of the molecule is Cc1ccccc1CNC(=O)C1CCC(=O)N1Cc1ccccc1. The number of carbonyl (C=O) groups is 2. The summed E-state index contributed by atoms with van der Waals surface area (Å²) in [5, 5.41) is 2.99. The molecule has 1 N–H and O–H groups in total. The first kappa shape index (κ1) is 16.2. The lowest BCUT2D eigenvalue weighted by atomic mass is 10.1. The van der Waals surface area contributed by atoms with Crippen molar-refractivity contribution in [2.24, 2.45) is 0 Å². The normalized spacial score (nSPS) is 17.1. The maximum absolute atomic E-state index is 12.6. The number of nitrogens with zero attached hydrogens (tertiary/aromatic N) is 1. The van der Waals surface area contributed by atoms with E-state index in [0.717, 1.165) is 16.7 Å². The Bertz CT molecular complexity index is 727. The highest BCUT2D eigenvalue weighted by Gasteiger charge is 2.35. The molecule has 0 aromatic heterocycles. The lowest BCUT2D eigenvalue weighted by Gasteiger charge is -2.24. The van der Waals surface area contributed by atoms with E-state index < -0.39 is 0 Å². The summed E-state index contributed by atoms with van der Waals surface area (Å²) in [6.07, 6.45) is 1.03. The average Bonchev–Trinajstić information content (AvgIpc) is 2.96. The Labute approximate surface area is 142 Å². The summed E-state index contributed by atoms with van der Waals surface area (Å²) in [4.78, 5) is 26.4. The summed E-state index contributed by atoms with van der Waals surface area (Å²) in [7, 11) is 0. The zero-order valence-corrected chi connectivity index (χ0v) is 13.9. The van der Waals surface area contributed by atoms with E-state index in [-0.39, 0.29) is 17.9 Å². The molecule has 2 aromatic carbocycles. The van der Waals surface area contributed by atoms with E-state index in [1.165, 1.54) is 0 Å². The quantitative estimate of drug-likeness (QED) is 0.920. The molecule has 2 amide bonds. The predicted molar refractivity (Wildman–Crippen MR) is 93.0 cm³/mol. The second kappa shape index (κ2) is 7.30. The number of nitrogens with one attached hydrogen (secondary N) is 1. The minimum absolute atomic E-state index is 0.0508. The molecule has 0 saturated carbocycles. The molecular formula is C20H22N2O2. The summed E-state index contributed by atoms with van der Waals surface area (Å²) in [6, 6.07) is 17.4. The molecule has 124 valence electrons. The van der Waals surface area contributed by atoms with Gasteiger partial charge in [-0.05, 0) is 30.0 Å². The van der Waals surface area contributed by atoms with Gasteiger partial charge < -0.3 is 10.2 Å². The zero-order chi connectivity index (χ0) is 16.9. The van der Waals surface area contributed by atoms with Crippen molar-refractivity contribution in [1.29, 1.82) is 0 Å². The van der Waals surface area contributed by atoms with Crippen LogP contribution in [0.2, 0.25) is 0 Å². The fraction of sp³-hybridized carbons (Fsp3) is 0.300. The monoisotopic (exact) mass is 322 g/mol. The molecule has 1 fully saturated rings. The Balaban J connectivity index is 1.64. The van der Waals surface area contributed by atoms with E-state index in [0.29, 0.717) is 25.9 Å². The zero-order valence-electron chi connectivity index (χ0n) is 13.9. The molecule has 2 aromatic rings. The third kappa shape index (κ3) is 3.65.